The minimum Gasteiger partial charge on any atom is -0.481 e. The molecule has 0 atom stereocenters. The van der Waals surface area contributed by atoms with Gasteiger partial charge in [0.05, 0.1) is 6.42 Å². The van der Waals surface area contributed by atoms with Crippen LogP contribution in [0, 0.1) is 0 Å². The van der Waals surface area contributed by atoms with Gasteiger partial charge >= 0.3 is 5.97 Å². The minimum atomic E-state index is -0.691. The Hall–Kier alpha value is 0.314. The first-order chi connectivity index (χ1) is 4.77. The fourth-order valence-electron chi connectivity index (χ4n) is 0.508. The second-order valence-corrected chi connectivity index (χ2v) is 3.33. The van der Waals surface area contributed by atoms with Crippen molar-refractivity contribution in [2.45, 2.75) is 26.2 Å². The predicted molar refractivity (Wildman–Crippen MR) is 44.5 cm³/mol. The van der Waals surface area contributed by atoms with E-state index in [9.17, 15) is 4.79 Å². The second-order valence-electron chi connectivity index (χ2n) is 2.11. The summed E-state index contributed by atoms with van der Waals surface area (Å²) < 4.78 is 0. The molecule has 0 aliphatic carbocycles. The van der Waals surface area contributed by atoms with Crippen molar-refractivity contribution in [3.8, 4) is 0 Å². The van der Waals surface area contributed by atoms with Gasteiger partial charge in [0.1, 0.15) is 0 Å². The maximum Gasteiger partial charge on any atom is 0.304 e. The summed E-state index contributed by atoms with van der Waals surface area (Å²) in [6, 6.07) is 0. The van der Waals surface area contributed by atoms with Crippen molar-refractivity contribution in [2.75, 3.05) is 11.5 Å². The molecular formula is C7H14NiO2S. The summed E-state index contributed by atoms with van der Waals surface area (Å²) in [6.07, 6.45) is 2.69. The van der Waals surface area contributed by atoms with Crippen LogP contribution in [-0.4, -0.2) is 22.6 Å². The van der Waals surface area contributed by atoms with E-state index < -0.39 is 5.97 Å². The van der Waals surface area contributed by atoms with E-state index in [0.717, 1.165) is 11.5 Å². The smallest absolute Gasteiger partial charge is 0.304 e. The van der Waals surface area contributed by atoms with Crippen molar-refractivity contribution in [3.05, 3.63) is 0 Å². The van der Waals surface area contributed by atoms with E-state index in [2.05, 4.69) is 6.92 Å². The van der Waals surface area contributed by atoms with E-state index in [1.165, 1.54) is 12.8 Å². The first-order valence-corrected chi connectivity index (χ1v) is 4.72. The SMILES string of the molecule is CCCCSCCC(=O)O.[Ni]. The molecule has 0 aromatic carbocycles. The Morgan fingerprint density at radius 3 is 2.55 bits per heavy atom. The molecule has 2 nitrogen and oxygen atoms in total. The number of hydrogen-bond donors (Lipinski definition) is 1. The standard InChI is InChI=1S/C7H14O2S.Ni/c1-2-3-5-10-6-4-7(8)9;/h2-6H2,1H3,(H,8,9);. The van der Waals surface area contributed by atoms with Crippen LogP contribution in [0.5, 0.6) is 0 Å². The van der Waals surface area contributed by atoms with Crippen LogP contribution in [0.4, 0.5) is 0 Å². The van der Waals surface area contributed by atoms with E-state index in [1.807, 2.05) is 0 Å². The van der Waals surface area contributed by atoms with Crippen LogP contribution in [0.2, 0.25) is 0 Å². The van der Waals surface area contributed by atoms with Gasteiger partial charge in [-0.3, -0.25) is 4.79 Å². The van der Waals surface area contributed by atoms with E-state index in [4.69, 9.17) is 5.11 Å². The molecule has 0 heterocycles. The van der Waals surface area contributed by atoms with Gasteiger partial charge in [0.2, 0.25) is 0 Å². The Labute approximate surface area is 82.1 Å². The Morgan fingerprint density at radius 1 is 1.45 bits per heavy atom. The third-order valence-electron chi connectivity index (χ3n) is 1.10. The van der Waals surface area contributed by atoms with Gasteiger partial charge in [-0.2, -0.15) is 11.8 Å². The normalized spacial score (nSPS) is 8.82. The summed E-state index contributed by atoms with van der Waals surface area (Å²) in [5.74, 6) is 1.17. The van der Waals surface area contributed by atoms with E-state index in [-0.39, 0.29) is 16.5 Å². The number of unbranched alkanes of at least 4 members (excludes halogenated alkanes) is 1. The number of aliphatic carboxylic acids is 1. The zero-order valence-electron chi connectivity index (χ0n) is 6.62. The summed E-state index contributed by atoms with van der Waals surface area (Å²) in [4.78, 5) is 10.0. The molecule has 0 spiro atoms. The summed E-state index contributed by atoms with van der Waals surface area (Å²) in [7, 11) is 0. The number of hydrogen-bond acceptors (Lipinski definition) is 2. The van der Waals surface area contributed by atoms with E-state index in [0.29, 0.717) is 6.42 Å². The molecule has 0 radical (unpaired) electrons. The molecule has 0 rings (SSSR count). The van der Waals surface area contributed by atoms with Gasteiger partial charge in [-0.05, 0) is 12.2 Å². The van der Waals surface area contributed by atoms with Crippen LogP contribution >= 0.6 is 11.8 Å². The average Bonchev–Trinajstić information content (AvgIpc) is 1.87. The predicted octanol–water partition coefficient (Wildman–Crippen LogP) is 1.99. The second kappa shape index (κ2) is 10.3. The van der Waals surface area contributed by atoms with Gasteiger partial charge < -0.3 is 5.11 Å². The van der Waals surface area contributed by atoms with Crippen LogP contribution in [0.15, 0.2) is 0 Å². The van der Waals surface area contributed by atoms with Gasteiger partial charge in [0.25, 0.3) is 0 Å². The van der Waals surface area contributed by atoms with Crippen molar-refractivity contribution in [1.82, 2.24) is 0 Å². The molecule has 0 amide bonds. The molecule has 0 aliphatic heterocycles. The number of carboxylic acids is 1. The maximum atomic E-state index is 10.0. The summed E-state index contributed by atoms with van der Waals surface area (Å²) in [5, 5.41) is 8.26. The molecule has 0 aromatic heterocycles. The van der Waals surface area contributed by atoms with Crippen molar-refractivity contribution in [3.63, 3.8) is 0 Å². The molecule has 0 unspecified atom stereocenters. The fourth-order valence-corrected chi connectivity index (χ4v) is 1.52. The topological polar surface area (TPSA) is 37.3 Å². The first kappa shape index (κ1) is 13.9. The molecule has 0 bridgehead atoms. The van der Waals surface area contributed by atoms with Gasteiger partial charge in [0, 0.05) is 22.2 Å². The molecule has 11 heavy (non-hydrogen) atoms. The molecule has 0 fully saturated rings. The molecule has 1 N–H and O–H groups in total. The zero-order valence-corrected chi connectivity index (χ0v) is 8.42. The zero-order chi connectivity index (χ0) is 7.82. The van der Waals surface area contributed by atoms with Crippen molar-refractivity contribution in [1.29, 1.82) is 0 Å². The van der Waals surface area contributed by atoms with Crippen LogP contribution in [0.3, 0.4) is 0 Å². The molecular weight excluding hydrogens is 207 g/mol. The molecule has 70 valence electrons. The van der Waals surface area contributed by atoms with E-state index >= 15 is 0 Å². The van der Waals surface area contributed by atoms with Crippen LogP contribution in [0.25, 0.3) is 0 Å². The third-order valence-corrected chi connectivity index (χ3v) is 2.17. The molecule has 0 saturated heterocycles. The largest absolute Gasteiger partial charge is 0.481 e. The molecule has 0 aliphatic rings. The Bertz CT molecular complexity index is 98.4. The molecule has 4 heteroatoms. The number of rotatable bonds is 6. The first-order valence-electron chi connectivity index (χ1n) is 3.57. The minimum absolute atomic E-state index is 0. The van der Waals surface area contributed by atoms with Crippen molar-refractivity contribution >= 4 is 17.7 Å². The van der Waals surface area contributed by atoms with E-state index in [1.54, 1.807) is 11.8 Å². The average molecular weight is 221 g/mol. The van der Waals surface area contributed by atoms with Gasteiger partial charge in [0.15, 0.2) is 0 Å². The van der Waals surface area contributed by atoms with Crippen LogP contribution in [-0.2, 0) is 21.3 Å². The Morgan fingerprint density at radius 2 is 2.09 bits per heavy atom. The fraction of sp³-hybridized carbons (Fsp3) is 0.857. The number of thioether (sulfide) groups is 1. The molecule has 0 saturated carbocycles. The van der Waals surface area contributed by atoms with Crippen molar-refractivity contribution < 1.29 is 26.4 Å². The van der Waals surface area contributed by atoms with Gasteiger partial charge in [-0.1, -0.05) is 13.3 Å². The summed E-state index contributed by atoms with van der Waals surface area (Å²) >= 11 is 1.73. The number of carbonyl (C=O) groups is 1. The maximum absolute atomic E-state index is 10.0. The van der Waals surface area contributed by atoms with Gasteiger partial charge in [-0.15, -0.1) is 0 Å². The van der Waals surface area contributed by atoms with Gasteiger partial charge in [-0.25, -0.2) is 0 Å². The van der Waals surface area contributed by atoms with Crippen LogP contribution < -0.4 is 0 Å². The van der Waals surface area contributed by atoms with Crippen molar-refractivity contribution in [2.24, 2.45) is 0 Å². The quantitative estimate of drug-likeness (QED) is 0.550. The third kappa shape index (κ3) is 13.3. The summed E-state index contributed by atoms with van der Waals surface area (Å²) in [6.45, 7) is 2.14. The molecule has 0 aromatic rings. The summed E-state index contributed by atoms with van der Waals surface area (Å²) in [5.41, 5.74) is 0. The Balaban J connectivity index is 0. The van der Waals surface area contributed by atoms with Crippen LogP contribution in [0.1, 0.15) is 26.2 Å². The monoisotopic (exact) mass is 220 g/mol. The number of carboxylic acid groups (broad SMARTS) is 1. The Kier molecular flexibility index (Phi) is 13.0.